The zero-order valence-corrected chi connectivity index (χ0v) is 10.00. The number of anilines is 1. The molecule has 0 saturated carbocycles. The number of aromatic nitrogens is 2. The van der Waals surface area contributed by atoms with E-state index in [1.807, 2.05) is 0 Å². The fourth-order valence-corrected chi connectivity index (χ4v) is 3.09. The normalized spacial score (nSPS) is 16.8. The number of thiophene rings is 1. The maximum Gasteiger partial charge on any atom is 0.150 e. The van der Waals surface area contributed by atoms with Crippen LogP contribution in [0.15, 0.2) is 11.7 Å². The Labute approximate surface area is 98.1 Å². The van der Waals surface area contributed by atoms with Crippen LogP contribution in [0.1, 0.15) is 5.56 Å². The molecule has 0 amide bonds. The van der Waals surface area contributed by atoms with E-state index in [0.717, 1.165) is 31.0 Å². The van der Waals surface area contributed by atoms with Gasteiger partial charge in [-0.15, -0.1) is 11.3 Å². The number of rotatable bonds is 2. The maximum absolute atomic E-state index is 5.63. The highest BCUT2D eigenvalue weighted by Crippen LogP contribution is 2.33. The molecule has 1 aliphatic heterocycles. The summed E-state index contributed by atoms with van der Waals surface area (Å²) in [6.45, 7) is 4.92. The van der Waals surface area contributed by atoms with Crippen molar-refractivity contribution in [2.75, 3.05) is 24.5 Å². The van der Waals surface area contributed by atoms with Crippen molar-refractivity contribution in [3.8, 4) is 0 Å². The summed E-state index contributed by atoms with van der Waals surface area (Å²) < 4.78 is 1.20. The van der Waals surface area contributed by atoms with E-state index in [9.17, 15) is 0 Å². The van der Waals surface area contributed by atoms with E-state index in [-0.39, 0.29) is 0 Å². The SMILES string of the molecule is Cc1csc2c(N3CC(CN)C3)ncnc12. The van der Waals surface area contributed by atoms with Crippen molar-refractivity contribution in [3.63, 3.8) is 0 Å². The Balaban J connectivity index is 1.98. The summed E-state index contributed by atoms with van der Waals surface area (Å²) in [5.41, 5.74) is 7.96. The average molecular weight is 234 g/mol. The minimum Gasteiger partial charge on any atom is -0.355 e. The van der Waals surface area contributed by atoms with Crippen LogP contribution in [-0.4, -0.2) is 29.6 Å². The number of nitrogens with two attached hydrogens (primary N) is 1. The molecule has 2 aromatic rings. The van der Waals surface area contributed by atoms with Gasteiger partial charge in [0.05, 0.1) is 10.2 Å². The third kappa shape index (κ3) is 1.39. The monoisotopic (exact) mass is 234 g/mol. The fraction of sp³-hybridized carbons (Fsp3) is 0.455. The molecule has 0 radical (unpaired) electrons. The summed E-state index contributed by atoms with van der Waals surface area (Å²) in [6, 6.07) is 0. The van der Waals surface area contributed by atoms with E-state index >= 15 is 0 Å². The summed E-state index contributed by atoms with van der Waals surface area (Å²) in [5, 5.41) is 2.14. The van der Waals surface area contributed by atoms with Gasteiger partial charge in [0.15, 0.2) is 0 Å². The highest BCUT2D eigenvalue weighted by molar-refractivity contribution is 7.18. The zero-order chi connectivity index (χ0) is 11.1. The highest BCUT2D eigenvalue weighted by atomic mass is 32.1. The Hall–Kier alpha value is -1.20. The molecule has 0 aliphatic carbocycles. The zero-order valence-electron chi connectivity index (χ0n) is 9.18. The van der Waals surface area contributed by atoms with Crippen LogP contribution in [0.25, 0.3) is 10.2 Å². The van der Waals surface area contributed by atoms with Crippen molar-refractivity contribution in [3.05, 3.63) is 17.3 Å². The predicted octanol–water partition coefficient (Wildman–Crippen LogP) is 1.39. The lowest BCUT2D eigenvalue weighted by Crippen LogP contribution is -2.50. The quantitative estimate of drug-likeness (QED) is 0.853. The molecule has 0 aromatic carbocycles. The molecular weight excluding hydrogens is 220 g/mol. The third-order valence-corrected chi connectivity index (χ3v) is 4.19. The van der Waals surface area contributed by atoms with Crippen molar-refractivity contribution < 1.29 is 0 Å². The molecule has 0 atom stereocenters. The Kier molecular flexibility index (Phi) is 2.29. The van der Waals surface area contributed by atoms with E-state index in [1.54, 1.807) is 17.7 Å². The first kappa shape index (κ1) is 9.99. The molecule has 3 heterocycles. The minimum atomic E-state index is 0.631. The van der Waals surface area contributed by atoms with Crippen LogP contribution >= 0.6 is 11.3 Å². The number of fused-ring (bicyclic) bond motifs is 1. The van der Waals surface area contributed by atoms with E-state index in [0.29, 0.717) is 5.92 Å². The molecule has 3 rings (SSSR count). The van der Waals surface area contributed by atoms with Crippen molar-refractivity contribution in [2.24, 2.45) is 11.7 Å². The Morgan fingerprint density at radius 1 is 1.50 bits per heavy atom. The molecule has 84 valence electrons. The van der Waals surface area contributed by atoms with Gasteiger partial charge in [0.25, 0.3) is 0 Å². The lowest BCUT2D eigenvalue weighted by molar-refractivity contribution is 0.418. The Morgan fingerprint density at radius 2 is 2.31 bits per heavy atom. The minimum absolute atomic E-state index is 0.631. The summed E-state index contributed by atoms with van der Waals surface area (Å²) in [6.07, 6.45) is 1.66. The molecular formula is C11H14N4S. The first-order chi connectivity index (χ1) is 7.79. The molecule has 1 fully saturated rings. The molecule has 1 saturated heterocycles. The Morgan fingerprint density at radius 3 is 3.06 bits per heavy atom. The smallest absolute Gasteiger partial charge is 0.150 e. The second kappa shape index (κ2) is 3.68. The van der Waals surface area contributed by atoms with Gasteiger partial charge in [-0.05, 0) is 24.4 Å². The molecule has 2 N–H and O–H groups in total. The van der Waals surface area contributed by atoms with Gasteiger partial charge in [-0.3, -0.25) is 0 Å². The molecule has 4 nitrogen and oxygen atoms in total. The van der Waals surface area contributed by atoms with Gasteiger partial charge in [0.1, 0.15) is 12.1 Å². The number of hydrogen-bond donors (Lipinski definition) is 1. The van der Waals surface area contributed by atoms with E-state index < -0.39 is 0 Å². The molecule has 0 spiro atoms. The summed E-state index contributed by atoms with van der Waals surface area (Å²) in [7, 11) is 0. The van der Waals surface area contributed by atoms with Gasteiger partial charge in [-0.25, -0.2) is 9.97 Å². The van der Waals surface area contributed by atoms with Crippen molar-refractivity contribution in [1.82, 2.24) is 9.97 Å². The topological polar surface area (TPSA) is 55.0 Å². The van der Waals surface area contributed by atoms with Crippen LogP contribution < -0.4 is 10.6 Å². The standard InChI is InChI=1S/C11H14N4S/c1-7-5-16-10-9(7)13-6-14-11(10)15-3-8(2-12)4-15/h5-6,8H,2-4,12H2,1H3. The van der Waals surface area contributed by atoms with Crippen LogP contribution in [0, 0.1) is 12.8 Å². The highest BCUT2D eigenvalue weighted by Gasteiger charge is 2.28. The van der Waals surface area contributed by atoms with Crippen LogP contribution in [-0.2, 0) is 0 Å². The molecule has 16 heavy (non-hydrogen) atoms. The third-order valence-electron chi connectivity index (χ3n) is 3.10. The Bertz CT molecular complexity index is 516. The molecule has 1 aliphatic rings. The van der Waals surface area contributed by atoms with Crippen molar-refractivity contribution in [2.45, 2.75) is 6.92 Å². The van der Waals surface area contributed by atoms with Gasteiger partial charge in [-0.2, -0.15) is 0 Å². The molecule has 2 aromatic heterocycles. The largest absolute Gasteiger partial charge is 0.355 e. The van der Waals surface area contributed by atoms with E-state index in [4.69, 9.17) is 5.73 Å². The molecule has 0 bridgehead atoms. The van der Waals surface area contributed by atoms with Gasteiger partial charge < -0.3 is 10.6 Å². The maximum atomic E-state index is 5.63. The van der Waals surface area contributed by atoms with Crippen molar-refractivity contribution in [1.29, 1.82) is 0 Å². The lowest BCUT2D eigenvalue weighted by Gasteiger charge is -2.39. The number of hydrogen-bond acceptors (Lipinski definition) is 5. The summed E-state index contributed by atoms with van der Waals surface area (Å²) in [4.78, 5) is 11.0. The van der Waals surface area contributed by atoms with Crippen LogP contribution in [0.2, 0.25) is 0 Å². The average Bonchev–Trinajstić information content (AvgIpc) is 2.60. The van der Waals surface area contributed by atoms with Crippen molar-refractivity contribution >= 4 is 27.4 Å². The van der Waals surface area contributed by atoms with E-state index in [1.165, 1.54) is 10.3 Å². The molecule has 0 unspecified atom stereocenters. The number of nitrogens with zero attached hydrogens (tertiary/aromatic N) is 3. The summed E-state index contributed by atoms with van der Waals surface area (Å²) in [5.74, 6) is 1.71. The number of aryl methyl sites for hydroxylation is 1. The molecule has 5 heteroatoms. The summed E-state index contributed by atoms with van der Waals surface area (Å²) >= 11 is 1.73. The van der Waals surface area contributed by atoms with Gasteiger partial charge in [-0.1, -0.05) is 0 Å². The van der Waals surface area contributed by atoms with Crippen LogP contribution in [0.3, 0.4) is 0 Å². The first-order valence-electron chi connectivity index (χ1n) is 5.43. The van der Waals surface area contributed by atoms with Gasteiger partial charge >= 0.3 is 0 Å². The fourth-order valence-electron chi connectivity index (χ4n) is 2.07. The second-order valence-corrected chi connectivity index (χ2v) is 5.18. The lowest BCUT2D eigenvalue weighted by atomic mass is 10.0. The van der Waals surface area contributed by atoms with Gasteiger partial charge in [0.2, 0.25) is 0 Å². The van der Waals surface area contributed by atoms with Crippen LogP contribution in [0.5, 0.6) is 0 Å². The predicted molar refractivity (Wildman–Crippen MR) is 66.9 cm³/mol. The first-order valence-corrected chi connectivity index (χ1v) is 6.31. The van der Waals surface area contributed by atoms with Crippen LogP contribution in [0.4, 0.5) is 5.82 Å². The second-order valence-electron chi connectivity index (χ2n) is 4.30. The van der Waals surface area contributed by atoms with E-state index in [2.05, 4.69) is 27.2 Å². The van der Waals surface area contributed by atoms with Gasteiger partial charge in [0, 0.05) is 19.0 Å².